The summed E-state index contributed by atoms with van der Waals surface area (Å²) in [5.74, 6) is 0.657. The first-order chi connectivity index (χ1) is 9.60. The first-order valence-electron chi connectivity index (χ1n) is 7.00. The zero-order chi connectivity index (χ0) is 14.5. The van der Waals surface area contributed by atoms with Crippen LogP contribution in [-0.2, 0) is 4.79 Å². The van der Waals surface area contributed by atoms with Crippen LogP contribution in [0, 0.1) is 0 Å². The quantitative estimate of drug-likeness (QED) is 0.877. The summed E-state index contributed by atoms with van der Waals surface area (Å²) < 4.78 is 5.10. The third-order valence-electron chi connectivity index (χ3n) is 3.63. The summed E-state index contributed by atoms with van der Waals surface area (Å²) >= 11 is 6.06. The Balaban J connectivity index is 1.91. The van der Waals surface area contributed by atoms with E-state index in [4.69, 9.17) is 16.3 Å². The van der Waals surface area contributed by atoms with Crippen molar-refractivity contribution in [2.45, 2.75) is 44.7 Å². The fourth-order valence-corrected chi connectivity index (χ4v) is 2.73. The Kier molecular flexibility index (Phi) is 5.12. The highest BCUT2D eigenvalue weighted by atomic mass is 35.5. The van der Waals surface area contributed by atoms with Crippen LogP contribution < -0.4 is 15.4 Å². The molecule has 0 unspecified atom stereocenters. The van der Waals surface area contributed by atoms with Crippen LogP contribution >= 0.6 is 11.6 Å². The molecule has 1 fully saturated rings. The van der Waals surface area contributed by atoms with E-state index in [1.165, 1.54) is 12.8 Å². The van der Waals surface area contributed by atoms with Gasteiger partial charge in [0.05, 0.1) is 12.1 Å². The summed E-state index contributed by atoms with van der Waals surface area (Å²) in [5, 5.41) is 6.76. The minimum Gasteiger partial charge on any atom is -0.495 e. The van der Waals surface area contributed by atoms with Gasteiger partial charge in [0.2, 0.25) is 5.91 Å². The van der Waals surface area contributed by atoms with E-state index in [9.17, 15) is 4.79 Å². The third kappa shape index (κ3) is 3.79. The topological polar surface area (TPSA) is 50.4 Å². The van der Waals surface area contributed by atoms with Gasteiger partial charge in [0, 0.05) is 11.7 Å². The van der Waals surface area contributed by atoms with E-state index in [1.807, 2.05) is 13.0 Å². The van der Waals surface area contributed by atoms with Crippen molar-refractivity contribution in [3.63, 3.8) is 0 Å². The maximum absolute atomic E-state index is 12.1. The predicted octanol–water partition coefficient (Wildman–Crippen LogP) is 3.21. The lowest BCUT2D eigenvalue weighted by Gasteiger charge is -2.19. The summed E-state index contributed by atoms with van der Waals surface area (Å²) in [7, 11) is 1.58. The second-order valence-corrected chi connectivity index (χ2v) is 5.61. The second kappa shape index (κ2) is 6.84. The van der Waals surface area contributed by atoms with E-state index in [1.54, 1.807) is 19.2 Å². The van der Waals surface area contributed by atoms with Crippen LogP contribution in [0.4, 0.5) is 5.69 Å². The second-order valence-electron chi connectivity index (χ2n) is 5.21. The van der Waals surface area contributed by atoms with Gasteiger partial charge >= 0.3 is 0 Å². The molecule has 110 valence electrons. The number of benzene rings is 1. The highest BCUT2D eigenvalue weighted by molar-refractivity contribution is 6.32. The Morgan fingerprint density at radius 2 is 2.10 bits per heavy atom. The molecular weight excluding hydrogens is 276 g/mol. The average molecular weight is 297 g/mol. The monoisotopic (exact) mass is 296 g/mol. The van der Waals surface area contributed by atoms with Crippen molar-refractivity contribution in [1.82, 2.24) is 5.32 Å². The Bertz CT molecular complexity index is 473. The number of amides is 1. The van der Waals surface area contributed by atoms with E-state index >= 15 is 0 Å². The van der Waals surface area contributed by atoms with E-state index in [0.717, 1.165) is 18.5 Å². The van der Waals surface area contributed by atoms with Crippen LogP contribution in [0.15, 0.2) is 18.2 Å². The lowest BCUT2D eigenvalue weighted by atomic mass is 10.2. The van der Waals surface area contributed by atoms with Gasteiger partial charge in [-0.2, -0.15) is 0 Å². The van der Waals surface area contributed by atoms with Gasteiger partial charge in [-0.25, -0.2) is 0 Å². The maximum atomic E-state index is 12.1. The molecule has 0 spiro atoms. The molecule has 1 aliphatic carbocycles. The molecule has 1 aromatic rings. The van der Waals surface area contributed by atoms with E-state index < -0.39 is 0 Å². The van der Waals surface area contributed by atoms with Gasteiger partial charge in [-0.3, -0.25) is 4.79 Å². The average Bonchev–Trinajstić information content (AvgIpc) is 2.91. The highest BCUT2D eigenvalue weighted by Crippen LogP contribution is 2.27. The van der Waals surface area contributed by atoms with Gasteiger partial charge in [-0.1, -0.05) is 24.4 Å². The van der Waals surface area contributed by atoms with Crippen LogP contribution in [-0.4, -0.2) is 25.1 Å². The van der Waals surface area contributed by atoms with Crippen molar-refractivity contribution in [3.8, 4) is 5.75 Å². The van der Waals surface area contributed by atoms with Gasteiger partial charge in [-0.15, -0.1) is 0 Å². The number of carbonyl (C=O) groups is 1. The van der Waals surface area contributed by atoms with Crippen molar-refractivity contribution < 1.29 is 9.53 Å². The van der Waals surface area contributed by atoms with Crippen molar-refractivity contribution in [2.24, 2.45) is 0 Å². The smallest absolute Gasteiger partial charge is 0.242 e. The number of anilines is 1. The molecule has 20 heavy (non-hydrogen) atoms. The Labute approximate surface area is 124 Å². The molecule has 0 heterocycles. The number of nitrogens with one attached hydrogen (secondary N) is 2. The molecular formula is C15H21ClN2O2. The minimum absolute atomic E-state index is 0.0313. The van der Waals surface area contributed by atoms with E-state index in [2.05, 4.69) is 10.6 Å². The largest absolute Gasteiger partial charge is 0.495 e. The van der Waals surface area contributed by atoms with Crippen LogP contribution in [0.5, 0.6) is 5.75 Å². The molecule has 0 saturated heterocycles. The summed E-state index contributed by atoms with van der Waals surface area (Å²) in [5.41, 5.74) is 0.810. The van der Waals surface area contributed by atoms with Gasteiger partial charge in [0.25, 0.3) is 0 Å². The number of methoxy groups -OCH3 is 1. The third-order valence-corrected chi connectivity index (χ3v) is 3.93. The molecule has 1 aromatic carbocycles. The molecule has 1 amide bonds. The van der Waals surface area contributed by atoms with Gasteiger partial charge < -0.3 is 15.4 Å². The van der Waals surface area contributed by atoms with Crippen molar-refractivity contribution in [1.29, 1.82) is 0 Å². The number of hydrogen-bond donors (Lipinski definition) is 2. The number of carbonyl (C=O) groups excluding carboxylic acids is 1. The van der Waals surface area contributed by atoms with Crippen molar-refractivity contribution >= 4 is 23.2 Å². The normalized spacial score (nSPS) is 16.8. The zero-order valence-electron chi connectivity index (χ0n) is 11.9. The summed E-state index contributed by atoms with van der Waals surface area (Å²) in [6, 6.07) is 5.45. The summed E-state index contributed by atoms with van der Waals surface area (Å²) in [6.07, 6.45) is 4.60. The van der Waals surface area contributed by atoms with Crippen LogP contribution in [0.3, 0.4) is 0 Å². The van der Waals surface area contributed by atoms with Gasteiger partial charge in [0.1, 0.15) is 11.8 Å². The predicted molar refractivity (Wildman–Crippen MR) is 81.5 cm³/mol. The molecule has 4 nitrogen and oxygen atoms in total. The first kappa shape index (κ1) is 15.0. The van der Waals surface area contributed by atoms with Crippen LogP contribution in [0.1, 0.15) is 32.6 Å². The Morgan fingerprint density at radius 3 is 2.70 bits per heavy atom. The molecule has 1 saturated carbocycles. The summed E-state index contributed by atoms with van der Waals surface area (Å²) in [6.45, 7) is 1.85. The lowest BCUT2D eigenvalue weighted by Crippen LogP contribution is -2.42. The molecule has 2 N–H and O–H groups in total. The van der Waals surface area contributed by atoms with Crippen LogP contribution in [0.25, 0.3) is 0 Å². The molecule has 0 bridgehead atoms. The number of hydrogen-bond acceptors (Lipinski definition) is 3. The molecule has 0 radical (unpaired) electrons. The van der Waals surface area contributed by atoms with Crippen molar-refractivity contribution in [2.75, 3.05) is 12.4 Å². The molecule has 5 heteroatoms. The van der Waals surface area contributed by atoms with Crippen molar-refractivity contribution in [3.05, 3.63) is 23.2 Å². The molecule has 2 rings (SSSR count). The SMILES string of the molecule is COc1ccc(N[C@H](C)C(=O)NC2CCCC2)cc1Cl. The first-order valence-corrected chi connectivity index (χ1v) is 7.38. The summed E-state index contributed by atoms with van der Waals surface area (Å²) in [4.78, 5) is 12.1. The molecule has 0 aliphatic heterocycles. The van der Waals surface area contributed by atoms with E-state index in [-0.39, 0.29) is 11.9 Å². The molecule has 1 aliphatic rings. The van der Waals surface area contributed by atoms with Crippen LogP contribution in [0.2, 0.25) is 5.02 Å². The maximum Gasteiger partial charge on any atom is 0.242 e. The number of rotatable bonds is 5. The Morgan fingerprint density at radius 1 is 1.40 bits per heavy atom. The fraction of sp³-hybridized carbons (Fsp3) is 0.533. The van der Waals surface area contributed by atoms with E-state index in [0.29, 0.717) is 16.8 Å². The number of halogens is 1. The zero-order valence-corrected chi connectivity index (χ0v) is 12.7. The van der Waals surface area contributed by atoms with Gasteiger partial charge in [0.15, 0.2) is 0 Å². The molecule has 1 atom stereocenters. The fourth-order valence-electron chi connectivity index (χ4n) is 2.47. The standard InChI is InChI=1S/C15H21ClN2O2/c1-10(15(19)18-11-5-3-4-6-11)17-12-7-8-14(20-2)13(16)9-12/h7-11,17H,3-6H2,1-2H3,(H,18,19)/t10-/m1/s1. The number of ether oxygens (including phenoxy) is 1. The highest BCUT2D eigenvalue weighted by Gasteiger charge is 2.20. The van der Waals surface area contributed by atoms with Gasteiger partial charge in [-0.05, 0) is 38.0 Å². The Hall–Kier alpha value is -1.42. The lowest BCUT2D eigenvalue weighted by molar-refractivity contribution is -0.122. The molecule has 0 aromatic heterocycles. The minimum atomic E-state index is -0.292.